The van der Waals surface area contributed by atoms with Gasteiger partial charge in [-0.25, -0.2) is 4.98 Å². The van der Waals surface area contributed by atoms with E-state index < -0.39 is 0 Å². The number of likely N-dealkylation sites (tertiary alicyclic amines) is 1. The van der Waals surface area contributed by atoms with Crippen LogP contribution in [0.2, 0.25) is 0 Å². The van der Waals surface area contributed by atoms with Gasteiger partial charge in [-0.1, -0.05) is 0 Å². The molecule has 6 nitrogen and oxygen atoms in total. The Bertz CT molecular complexity index is 642. The summed E-state index contributed by atoms with van der Waals surface area (Å²) in [5.74, 6) is 0.932. The molecule has 0 aromatic carbocycles. The van der Waals surface area contributed by atoms with Crippen molar-refractivity contribution in [3.63, 3.8) is 0 Å². The zero-order valence-corrected chi connectivity index (χ0v) is 12.1. The van der Waals surface area contributed by atoms with Gasteiger partial charge in [0.25, 0.3) is 5.91 Å². The Morgan fingerprint density at radius 2 is 2.25 bits per heavy atom. The first-order valence-corrected chi connectivity index (χ1v) is 6.89. The molecule has 1 fully saturated rings. The maximum atomic E-state index is 12.7. The van der Waals surface area contributed by atoms with E-state index in [2.05, 4.69) is 15.1 Å². The Morgan fingerprint density at radius 1 is 1.45 bits per heavy atom. The van der Waals surface area contributed by atoms with Crippen molar-refractivity contribution in [3.05, 3.63) is 35.2 Å². The molecular formula is C14H19N5O. The lowest BCUT2D eigenvalue weighted by Gasteiger charge is -2.22. The zero-order chi connectivity index (χ0) is 14.3. The molecule has 0 bridgehead atoms. The predicted molar refractivity (Wildman–Crippen MR) is 74.3 cm³/mol. The Labute approximate surface area is 117 Å². The molecule has 1 amide bonds. The molecule has 2 aromatic rings. The molecule has 0 spiro atoms. The Hall–Kier alpha value is -2.11. The molecule has 1 saturated heterocycles. The van der Waals surface area contributed by atoms with Crippen LogP contribution in [-0.4, -0.2) is 37.1 Å². The maximum Gasteiger partial charge on any atom is 0.257 e. The highest BCUT2D eigenvalue weighted by atomic mass is 16.2. The first kappa shape index (κ1) is 12.9. The number of aromatic amines is 1. The zero-order valence-electron chi connectivity index (χ0n) is 12.1. The molecule has 0 unspecified atom stereocenters. The standard InChI is InChI=1S/C14H19N5O/c1-9-7-15-13(16-9)12-5-4-6-19(12)14(20)11-8-18(3)17-10(11)2/h7-8,12H,4-6H2,1-3H3,(H,15,16)/t12-/m0/s1. The van der Waals surface area contributed by atoms with E-state index in [0.29, 0.717) is 5.56 Å². The molecule has 3 rings (SSSR count). The number of hydrogen-bond acceptors (Lipinski definition) is 3. The third kappa shape index (κ3) is 2.11. The fraction of sp³-hybridized carbons (Fsp3) is 0.500. The summed E-state index contributed by atoms with van der Waals surface area (Å²) in [6, 6.07) is 0.0517. The van der Waals surface area contributed by atoms with Gasteiger partial charge in [0.05, 0.1) is 17.3 Å². The van der Waals surface area contributed by atoms with Gasteiger partial charge >= 0.3 is 0 Å². The van der Waals surface area contributed by atoms with E-state index in [4.69, 9.17) is 0 Å². The lowest BCUT2D eigenvalue weighted by Crippen LogP contribution is -2.31. The minimum Gasteiger partial charge on any atom is -0.344 e. The molecule has 6 heteroatoms. The fourth-order valence-electron chi connectivity index (χ4n) is 2.86. The number of aromatic nitrogens is 4. The summed E-state index contributed by atoms with van der Waals surface area (Å²) < 4.78 is 1.69. The molecule has 0 aliphatic carbocycles. The van der Waals surface area contributed by atoms with Crippen LogP contribution < -0.4 is 0 Å². The van der Waals surface area contributed by atoms with Crippen LogP contribution in [0, 0.1) is 13.8 Å². The van der Waals surface area contributed by atoms with Crippen molar-refractivity contribution in [2.45, 2.75) is 32.7 Å². The molecule has 1 atom stereocenters. The highest BCUT2D eigenvalue weighted by Crippen LogP contribution is 2.31. The Morgan fingerprint density at radius 3 is 2.85 bits per heavy atom. The number of nitrogens with zero attached hydrogens (tertiary/aromatic N) is 4. The maximum absolute atomic E-state index is 12.7. The minimum absolute atomic E-state index is 0.0483. The number of amides is 1. The summed E-state index contributed by atoms with van der Waals surface area (Å²) >= 11 is 0. The van der Waals surface area contributed by atoms with Crippen molar-refractivity contribution in [2.24, 2.45) is 7.05 Å². The molecule has 1 aliphatic rings. The SMILES string of the molecule is Cc1cnc([C@@H]2CCCN2C(=O)c2cn(C)nc2C)[nH]1. The number of hydrogen-bond donors (Lipinski definition) is 1. The summed E-state index contributed by atoms with van der Waals surface area (Å²) in [6.45, 7) is 4.62. The lowest BCUT2D eigenvalue weighted by atomic mass is 10.2. The van der Waals surface area contributed by atoms with E-state index in [1.165, 1.54) is 0 Å². The van der Waals surface area contributed by atoms with E-state index in [1.807, 2.05) is 32.0 Å². The summed E-state index contributed by atoms with van der Waals surface area (Å²) in [6.07, 6.45) is 5.57. The number of imidazole rings is 1. The van der Waals surface area contributed by atoms with Crippen LogP contribution in [0.1, 0.15) is 46.5 Å². The summed E-state index contributed by atoms with van der Waals surface area (Å²) in [5, 5.41) is 4.25. The van der Waals surface area contributed by atoms with Gasteiger partial charge in [0.1, 0.15) is 5.82 Å². The van der Waals surface area contributed by atoms with Gasteiger partial charge in [-0.05, 0) is 26.7 Å². The van der Waals surface area contributed by atoms with E-state index in [1.54, 1.807) is 10.9 Å². The Balaban J connectivity index is 1.89. The number of carbonyl (C=O) groups excluding carboxylic acids is 1. The first-order valence-electron chi connectivity index (χ1n) is 6.89. The predicted octanol–water partition coefficient (Wildman–Crippen LogP) is 1.74. The van der Waals surface area contributed by atoms with Crippen LogP contribution in [0.4, 0.5) is 0 Å². The molecular weight excluding hydrogens is 254 g/mol. The normalized spacial score (nSPS) is 18.8. The smallest absolute Gasteiger partial charge is 0.257 e. The van der Waals surface area contributed by atoms with Gasteiger partial charge in [-0.2, -0.15) is 5.10 Å². The quantitative estimate of drug-likeness (QED) is 0.906. The molecule has 0 radical (unpaired) electrons. The number of rotatable bonds is 2. The lowest BCUT2D eigenvalue weighted by molar-refractivity contribution is 0.0729. The van der Waals surface area contributed by atoms with E-state index >= 15 is 0 Å². The average Bonchev–Trinajstić information content (AvgIpc) is 3.08. The van der Waals surface area contributed by atoms with Crippen molar-refractivity contribution in [2.75, 3.05) is 6.54 Å². The number of aryl methyl sites for hydroxylation is 3. The van der Waals surface area contributed by atoms with Crippen LogP contribution in [0.5, 0.6) is 0 Å². The van der Waals surface area contributed by atoms with Gasteiger partial charge in [0, 0.05) is 31.7 Å². The third-order valence-electron chi connectivity index (χ3n) is 3.80. The van der Waals surface area contributed by atoms with Gasteiger partial charge < -0.3 is 9.88 Å². The minimum atomic E-state index is 0.0483. The monoisotopic (exact) mass is 273 g/mol. The van der Waals surface area contributed by atoms with Gasteiger partial charge in [0.2, 0.25) is 0 Å². The van der Waals surface area contributed by atoms with Gasteiger partial charge in [0.15, 0.2) is 0 Å². The van der Waals surface area contributed by atoms with Gasteiger partial charge in [-0.3, -0.25) is 9.48 Å². The molecule has 20 heavy (non-hydrogen) atoms. The van der Waals surface area contributed by atoms with Crippen molar-refractivity contribution in [3.8, 4) is 0 Å². The molecule has 1 N–H and O–H groups in total. The van der Waals surface area contributed by atoms with Crippen molar-refractivity contribution < 1.29 is 4.79 Å². The van der Waals surface area contributed by atoms with Gasteiger partial charge in [-0.15, -0.1) is 0 Å². The molecule has 2 aromatic heterocycles. The molecule has 3 heterocycles. The number of H-pyrrole nitrogens is 1. The highest BCUT2D eigenvalue weighted by molar-refractivity contribution is 5.95. The fourth-order valence-corrected chi connectivity index (χ4v) is 2.86. The van der Waals surface area contributed by atoms with Crippen LogP contribution in [0.3, 0.4) is 0 Å². The molecule has 1 aliphatic heterocycles. The van der Waals surface area contributed by atoms with Crippen LogP contribution >= 0.6 is 0 Å². The topological polar surface area (TPSA) is 66.8 Å². The average molecular weight is 273 g/mol. The number of carbonyl (C=O) groups is 1. The van der Waals surface area contributed by atoms with E-state index in [0.717, 1.165) is 36.6 Å². The Kier molecular flexibility index (Phi) is 3.08. The first-order chi connectivity index (χ1) is 9.56. The molecule has 106 valence electrons. The second-order valence-corrected chi connectivity index (χ2v) is 5.41. The number of nitrogens with one attached hydrogen (secondary N) is 1. The summed E-state index contributed by atoms with van der Waals surface area (Å²) in [4.78, 5) is 22.2. The van der Waals surface area contributed by atoms with Crippen LogP contribution in [0.25, 0.3) is 0 Å². The van der Waals surface area contributed by atoms with Crippen molar-refractivity contribution in [1.29, 1.82) is 0 Å². The second-order valence-electron chi connectivity index (χ2n) is 5.41. The summed E-state index contributed by atoms with van der Waals surface area (Å²) in [7, 11) is 1.83. The van der Waals surface area contributed by atoms with Crippen molar-refractivity contribution >= 4 is 5.91 Å². The summed E-state index contributed by atoms with van der Waals surface area (Å²) in [5.41, 5.74) is 2.48. The van der Waals surface area contributed by atoms with Crippen LogP contribution in [0.15, 0.2) is 12.4 Å². The van der Waals surface area contributed by atoms with Crippen LogP contribution in [-0.2, 0) is 7.05 Å². The van der Waals surface area contributed by atoms with E-state index in [9.17, 15) is 4.79 Å². The largest absolute Gasteiger partial charge is 0.344 e. The second kappa shape index (κ2) is 4.77. The van der Waals surface area contributed by atoms with Crippen molar-refractivity contribution in [1.82, 2.24) is 24.6 Å². The molecule has 0 saturated carbocycles. The highest BCUT2D eigenvalue weighted by Gasteiger charge is 2.33. The van der Waals surface area contributed by atoms with E-state index in [-0.39, 0.29) is 11.9 Å². The third-order valence-corrected chi connectivity index (χ3v) is 3.80.